The zero-order chi connectivity index (χ0) is 28.1. The summed E-state index contributed by atoms with van der Waals surface area (Å²) in [7, 11) is 2.84. The average Bonchev–Trinajstić information content (AvgIpc) is 2.85. The van der Waals surface area contributed by atoms with Crippen molar-refractivity contribution in [1.29, 1.82) is 0 Å². The van der Waals surface area contributed by atoms with E-state index in [-0.39, 0.29) is 12.2 Å². The minimum absolute atomic E-state index is 0.148. The van der Waals surface area contributed by atoms with Gasteiger partial charge in [-0.15, -0.1) is 0 Å². The first kappa shape index (κ1) is 32.8. The van der Waals surface area contributed by atoms with E-state index in [9.17, 15) is 4.79 Å². The number of hydrogen-bond donors (Lipinski definition) is 0. The number of hydrogen-bond acceptors (Lipinski definition) is 6. The minimum atomic E-state index is -1.89. The van der Waals surface area contributed by atoms with E-state index in [1.165, 1.54) is 13.2 Å². The Labute approximate surface area is 225 Å². The monoisotopic (exact) mass is 532 g/mol. The van der Waals surface area contributed by atoms with Crippen LogP contribution in [0.5, 0.6) is 5.75 Å². The lowest BCUT2D eigenvalue weighted by Gasteiger charge is -2.31. The van der Waals surface area contributed by atoms with Gasteiger partial charge in [0.05, 0.1) is 38.6 Å². The van der Waals surface area contributed by atoms with E-state index in [1.807, 2.05) is 43.3 Å². The first-order chi connectivity index (χ1) is 17.3. The van der Waals surface area contributed by atoms with Crippen LogP contribution in [0.1, 0.15) is 46.1 Å². The molecule has 0 unspecified atom stereocenters. The van der Waals surface area contributed by atoms with Crippen LogP contribution >= 0.6 is 0 Å². The molecule has 6 nitrogen and oxygen atoms in total. The fraction of sp³-hybridized carbons (Fsp3) is 0.567. The van der Waals surface area contributed by atoms with Crippen LogP contribution in [0.25, 0.3) is 0 Å². The molecule has 0 aliphatic heterocycles. The SMILES string of the molecule is COC(=O)/C=C/[C@](C)(C=C[C@H](OC)/C(C)=C/CC[C@H](C)[C@@H](C)OCc1ccc(OC)cc1)O[Si](C)(C)C. The molecule has 0 aliphatic carbocycles. The summed E-state index contributed by atoms with van der Waals surface area (Å²) in [4.78, 5) is 11.7. The molecule has 7 heteroatoms. The third-order valence-corrected chi connectivity index (χ3v) is 7.20. The van der Waals surface area contributed by atoms with Crippen LogP contribution in [0, 0.1) is 5.92 Å². The number of carbonyl (C=O) groups is 1. The molecule has 0 N–H and O–H groups in total. The number of benzene rings is 1. The first-order valence-electron chi connectivity index (χ1n) is 12.9. The summed E-state index contributed by atoms with van der Waals surface area (Å²) >= 11 is 0. The van der Waals surface area contributed by atoms with Crippen molar-refractivity contribution in [2.24, 2.45) is 5.92 Å². The van der Waals surface area contributed by atoms with E-state index in [4.69, 9.17) is 23.4 Å². The lowest BCUT2D eigenvalue weighted by molar-refractivity contribution is -0.134. The molecular weight excluding hydrogens is 484 g/mol. The van der Waals surface area contributed by atoms with Gasteiger partial charge in [-0.25, -0.2) is 4.79 Å². The lowest BCUT2D eigenvalue weighted by Crippen LogP contribution is -2.38. The summed E-state index contributed by atoms with van der Waals surface area (Å²) in [6.45, 7) is 15.3. The minimum Gasteiger partial charge on any atom is -0.497 e. The fourth-order valence-corrected chi connectivity index (χ4v) is 5.27. The van der Waals surface area contributed by atoms with Crippen LogP contribution in [0.15, 0.2) is 60.2 Å². The van der Waals surface area contributed by atoms with Crippen molar-refractivity contribution in [3.05, 3.63) is 65.8 Å². The van der Waals surface area contributed by atoms with Gasteiger partial charge < -0.3 is 23.4 Å². The van der Waals surface area contributed by atoms with Crippen molar-refractivity contribution in [1.82, 2.24) is 0 Å². The number of esters is 1. The van der Waals surface area contributed by atoms with Gasteiger partial charge in [-0.05, 0) is 88.5 Å². The highest BCUT2D eigenvalue weighted by atomic mass is 28.4. The number of allylic oxidation sites excluding steroid dienone is 1. The summed E-state index contributed by atoms with van der Waals surface area (Å²) in [6.07, 6.45) is 11.3. The summed E-state index contributed by atoms with van der Waals surface area (Å²) in [5, 5.41) is 0. The normalized spacial score (nSPS) is 17.0. The number of ether oxygens (including phenoxy) is 4. The quantitative estimate of drug-likeness (QED) is 0.100. The van der Waals surface area contributed by atoms with Crippen molar-refractivity contribution in [2.75, 3.05) is 21.3 Å². The topological polar surface area (TPSA) is 63.2 Å². The van der Waals surface area contributed by atoms with Crippen LogP contribution in [0.3, 0.4) is 0 Å². The Morgan fingerprint density at radius 1 is 1.05 bits per heavy atom. The van der Waals surface area contributed by atoms with E-state index in [0.29, 0.717) is 12.5 Å². The van der Waals surface area contributed by atoms with E-state index in [2.05, 4.69) is 46.5 Å². The van der Waals surface area contributed by atoms with E-state index >= 15 is 0 Å². The molecule has 0 heterocycles. The highest BCUT2D eigenvalue weighted by molar-refractivity contribution is 6.69. The van der Waals surface area contributed by atoms with Crippen LogP contribution in [0.2, 0.25) is 19.6 Å². The largest absolute Gasteiger partial charge is 0.497 e. The van der Waals surface area contributed by atoms with Crippen LogP contribution in [-0.2, 0) is 30.0 Å². The molecule has 0 saturated carbocycles. The summed E-state index contributed by atoms with van der Waals surface area (Å²) in [5.41, 5.74) is 1.53. The molecular formula is C30H48O6Si. The molecule has 0 fully saturated rings. The second-order valence-electron chi connectivity index (χ2n) is 10.6. The molecule has 0 spiro atoms. The maximum Gasteiger partial charge on any atom is 0.330 e. The first-order valence-corrected chi connectivity index (χ1v) is 16.3. The molecule has 37 heavy (non-hydrogen) atoms. The van der Waals surface area contributed by atoms with Gasteiger partial charge in [0.2, 0.25) is 0 Å². The Morgan fingerprint density at radius 3 is 2.24 bits per heavy atom. The molecule has 1 aromatic rings. The fourth-order valence-electron chi connectivity index (χ4n) is 3.82. The van der Waals surface area contributed by atoms with Crippen molar-refractivity contribution < 1.29 is 28.2 Å². The Kier molecular flexibility index (Phi) is 14.1. The zero-order valence-corrected chi connectivity index (χ0v) is 25.5. The Bertz CT molecular complexity index is 900. The molecule has 0 saturated heterocycles. The summed E-state index contributed by atoms with van der Waals surface area (Å²) in [6, 6.07) is 7.98. The Hall–Kier alpha value is -2.19. The Balaban J connectivity index is 2.72. The zero-order valence-electron chi connectivity index (χ0n) is 24.5. The molecule has 0 aliphatic rings. The van der Waals surface area contributed by atoms with Gasteiger partial charge in [0.1, 0.15) is 5.75 Å². The van der Waals surface area contributed by atoms with Gasteiger partial charge in [-0.1, -0.05) is 37.3 Å². The third-order valence-electron chi connectivity index (χ3n) is 6.14. The van der Waals surface area contributed by atoms with E-state index in [0.717, 1.165) is 29.7 Å². The van der Waals surface area contributed by atoms with Crippen molar-refractivity contribution in [2.45, 2.75) is 84.6 Å². The van der Waals surface area contributed by atoms with Gasteiger partial charge in [0.15, 0.2) is 8.32 Å². The maximum absolute atomic E-state index is 11.7. The number of rotatable bonds is 16. The van der Waals surface area contributed by atoms with Crippen molar-refractivity contribution in [3.8, 4) is 5.75 Å². The molecule has 4 atom stereocenters. The van der Waals surface area contributed by atoms with E-state index < -0.39 is 19.9 Å². The second kappa shape index (κ2) is 15.9. The van der Waals surface area contributed by atoms with Gasteiger partial charge in [-0.3, -0.25) is 0 Å². The maximum atomic E-state index is 11.7. The highest BCUT2D eigenvalue weighted by Crippen LogP contribution is 2.23. The van der Waals surface area contributed by atoms with Crippen molar-refractivity contribution >= 4 is 14.3 Å². The number of carbonyl (C=O) groups excluding carboxylic acids is 1. The third kappa shape index (κ3) is 13.2. The van der Waals surface area contributed by atoms with Crippen LogP contribution in [-0.4, -0.2) is 53.4 Å². The molecule has 1 aromatic carbocycles. The highest BCUT2D eigenvalue weighted by Gasteiger charge is 2.28. The predicted octanol–water partition coefficient (Wildman–Crippen LogP) is 6.87. The van der Waals surface area contributed by atoms with Gasteiger partial charge in [0.25, 0.3) is 0 Å². The Morgan fingerprint density at radius 2 is 1.70 bits per heavy atom. The van der Waals surface area contributed by atoms with E-state index in [1.54, 1.807) is 20.3 Å². The molecule has 1 rings (SSSR count). The number of methoxy groups -OCH3 is 3. The van der Waals surface area contributed by atoms with Crippen LogP contribution < -0.4 is 4.74 Å². The van der Waals surface area contributed by atoms with Gasteiger partial charge >= 0.3 is 5.97 Å². The summed E-state index contributed by atoms with van der Waals surface area (Å²) < 4.78 is 28.2. The smallest absolute Gasteiger partial charge is 0.330 e. The molecule has 0 amide bonds. The van der Waals surface area contributed by atoms with Crippen molar-refractivity contribution in [3.63, 3.8) is 0 Å². The van der Waals surface area contributed by atoms with Crippen LogP contribution in [0.4, 0.5) is 0 Å². The van der Waals surface area contributed by atoms with Gasteiger partial charge in [0, 0.05) is 13.2 Å². The molecule has 0 aromatic heterocycles. The lowest BCUT2D eigenvalue weighted by atomic mass is 9.98. The average molecular weight is 533 g/mol. The standard InChI is InChI=1S/C30H48O6Si/c1-23(25(3)35-22-26-14-16-27(32-5)17-15-26)12-11-13-24(2)28(33-6)18-20-30(4,36-37(8,9)10)21-19-29(31)34-7/h13-21,23,25,28H,11-12,22H2,1-10H3/b20-18?,21-19+,24-13+/t23-,25+,28-,30-/m0/s1. The molecule has 0 radical (unpaired) electrons. The summed E-state index contributed by atoms with van der Waals surface area (Å²) in [5.74, 6) is 0.854. The molecule has 208 valence electrons. The molecule has 0 bridgehead atoms. The predicted molar refractivity (Wildman–Crippen MR) is 153 cm³/mol. The second-order valence-corrected chi connectivity index (χ2v) is 15.1. The van der Waals surface area contributed by atoms with Gasteiger partial charge in [-0.2, -0.15) is 0 Å².